The summed E-state index contributed by atoms with van der Waals surface area (Å²) >= 11 is 0. The number of amides is 1. The van der Waals surface area contributed by atoms with E-state index in [9.17, 15) is 4.79 Å². The molecule has 3 rings (SSSR count). The molecule has 26 heavy (non-hydrogen) atoms. The molecule has 6 nitrogen and oxygen atoms in total. The minimum atomic E-state index is -0.183. The minimum Gasteiger partial charge on any atom is -0.497 e. The second-order valence-corrected chi connectivity index (χ2v) is 6.59. The number of carbonyl (C=O) groups excluding carboxylic acids is 1. The summed E-state index contributed by atoms with van der Waals surface area (Å²) in [5, 5.41) is 4.50. The molecule has 0 radical (unpaired) electrons. The van der Waals surface area contributed by atoms with Crippen LogP contribution in [-0.2, 0) is 17.9 Å². The minimum absolute atomic E-state index is 0.112. The largest absolute Gasteiger partial charge is 0.497 e. The van der Waals surface area contributed by atoms with Gasteiger partial charge >= 0.3 is 0 Å². The van der Waals surface area contributed by atoms with Gasteiger partial charge in [0.25, 0.3) is 0 Å². The van der Waals surface area contributed by atoms with E-state index in [4.69, 9.17) is 4.74 Å². The Bertz CT molecular complexity index is 799. The molecule has 1 unspecified atom stereocenters. The monoisotopic (exact) mass is 354 g/mol. The number of benzene rings is 1. The highest BCUT2D eigenvalue weighted by Crippen LogP contribution is 2.25. The molecule has 0 aliphatic carbocycles. The van der Waals surface area contributed by atoms with Gasteiger partial charge in [-0.2, -0.15) is 5.10 Å². The first-order valence-electron chi connectivity index (χ1n) is 8.86. The summed E-state index contributed by atoms with van der Waals surface area (Å²) in [5.41, 5.74) is 3.04. The highest BCUT2D eigenvalue weighted by molar-refractivity contribution is 5.97. The van der Waals surface area contributed by atoms with E-state index in [-0.39, 0.29) is 11.9 Å². The van der Waals surface area contributed by atoms with E-state index in [1.807, 2.05) is 60.0 Å². The lowest BCUT2D eigenvalue weighted by Gasteiger charge is -2.39. The Kier molecular flexibility index (Phi) is 5.42. The van der Waals surface area contributed by atoms with Crippen molar-refractivity contribution < 1.29 is 9.53 Å². The second kappa shape index (κ2) is 7.74. The Morgan fingerprint density at radius 2 is 2.19 bits per heavy atom. The zero-order chi connectivity index (χ0) is 18.7. The van der Waals surface area contributed by atoms with Crippen LogP contribution in [0.5, 0.6) is 5.75 Å². The van der Waals surface area contributed by atoms with Gasteiger partial charge in [0, 0.05) is 43.1 Å². The third-order valence-electron chi connectivity index (χ3n) is 4.88. The van der Waals surface area contributed by atoms with E-state index in [1.54, 1.807) is 7.11 Å². The number of methoxy groups -OCH3 is 1. The van der Waals surface area contributed by atoms with E-state index < -0.39 is 0 Å². The van der Waals surface area contributed by atoms with Gasteiger partial charge in [-0.25, -0.2) is 0 Å². The first-order chi connectivity index (χ1) is 12.5. The first kappa shape index (κ1) is 18.2. The maximum Gasteiger partial charge on any atom is 0.244 e. The molecule has 1 fully saturated rings. The summed E-state index contributed by atoms with van der Waals surface area (Å²) in [6.45, 7) is 10.6. The molecule has 1 aromatic carbocycles. The van der Waals surface area contributed by atoms with Gasteiger partial charge in [-0.3, -0.25) is 14.4 Å². The summed E-state index contributed by atoms with van der Waals surface area (Å²) < 4.78 is 7.16. The SMILES string of the molecule is C=CCn1cc(CN2CCN(c3cccc(OC)c3)C(=O)C2C)c(C)n1. The van der Waals surface area contributed by atoms with Crippen LogP contribution in [0.15, 0.2) is 43.1 Å². The van der Waals surface area contributed by atoms with Crippen molar-refractivity contribution in [1.82, 2.24) is 14.7 Å². The molecule has 1 aromatic heterocycles. The number of hydrogen-bond acceptors (Lipinski definition) is 4. The highest BCUT2D eigenvalue weighted by atomic mass is 16.5. The van der Waals surface area contributed by atoms with Gasteiger partial charge < -0.3 is 9.64 Å². The van der Waals surface area contributed by atoms with Crippen molar-refractivity contribution in [2.45, 2.75) is 33.0 Å². The van der Waals surface area contributed by atoms with Gasteiger partial charge in [-0.05, 0) is 26.0 Å². The number of hydrogen-bond donors (Lipinski definition) is 0. The highest BCUT2D eigenvalue weighted by Gasteiger charge is 2.32. The predicted octanol–water partition coefficient (Wildman–Crippen LogP) is 2.62. The summed E-state index contributed by atoms with van der Waals surface area (Å²) in [7, 11) is 1.64. The number of aromatic nitrogens is 2. The molecule has 2 heterocycles. The van der Waals surface area contributed by atoms with Crippen LogP contribution in [0.4, 0.5) is 5.69 Å². The Morgan fingerprint density at radius 1 is 1.38 bits per heavy atom. The molecule has 1 saturated heterocycles. The van der Waals surface area contributed by atoms with Crippen molar-refractivity contribution in [3.63, 3.8) is 0 Å². The number of carbonyl (C=O) groups is 1. The van der Waals surface area contributed by atoms with Crippen molar-refractivity contribution >= 4 is 11.6 Å². The van der Waals surface area contributed by atoms with E-state index in [1.165, 1.54) is 0 Å². The summed E-state index contributed by atoms with van der Waals surface area (Å²) in [6.07, 6.45) is 3.87. The summed E-state index contributed by atoms with van der Waals surface area (Å²) in [5.74, 6) is 0.872. The molecule has 0 saturated carbocycles. The second-order valence-electron chi connectivity index (χ2n) is 6.59. The van der Waals surface area contributed by atoms with Crippen LogP contribution < -0.4 is 9.64 Å². The molecule has 0 spiro atoms. The molecular formula is C20H26N4O2. The average Bonchev–Trinajstić information content (AvgIpc) is 2.98. The van der Waals surface area contributed by atoms with Gasteiger partial charge in [0.2, 0.25) is 5.91 Å². The number of allylic oxidation sites excluding steroid dienone is 1. The topological polar surface area (TPSA) is 50.6 Å². The van der Waals surface area contributed by atoms with Gasteiger partial charge in [0.05, 0.1) is 25.4 Å². The average molecular weight is 354 g/mol. The van der Waals surface area contributed by atoms with Gasteiger partial charge in [-0.15, -0.1) is 6.58 Å². The molecule has 138 valence electrons. The zero-order valence-electron chi connectivity index (χ0n) is 15.7. The summed E-state index contributed by atoms with van der Waals surface area (Å²) in [4.78, 5) is 17.0. The summed E-state index contributed by atoms with van der Waals surface area (Å²) in [6, 6.07) is 7.47. The van der Waals surface area contributed by atoms with Crippen molar-refractivity contribution in [1.29, 1.82) is 0 Å². The van der Waals surface area contributed by atoms with E-state index >= 15 is 0 Å². The number of ether oxygens (including phenoxy) is 1. The standard InChI is InChI=1S/C20H26N4O2/c1-5-9-23-14-17(15(2)21-23)13-22-10-11-24(20(25)16(22)3)18-7-6-8-19(12-18)26-4/h5-8,12,14,16H,1,9-11,13H2,2-4H3. The van der Waals surface area contributed by atoms with Crippen LogP contribution in [0.25, 0.3) is 0 Å². The lowest BCUT2D eigenvalue weighted by Crippen LogP contribution is -2.55. The smallest absolute Gasteiger partial charge is 0.244 e. The van der Waals surface area contributed by atoms with Crippen LogP contribution >= 0.6 is 0 Å². The number of aryl methyl sites for hydroxylation is 1. The van der Waals surface area contributed by atoms with Crippen LogP contribution in [-0.4, -0.2) is 46.8 Å². The van der Waals surface area contributed by atoms with Gasteiger partial charge in [0.1, 0.15) is 5.75 Å². The Hall–Kier alpha value is -2.60. The van der Waals surface area contributed by atoms with Crippen molar-refractivity contribution in [3.8, 4) is 5.75 Å². The lowest BCUT2D eigenvalue weighted by atomic mass is 10.1. The molecule has 0 N–H and O–H groups in total. The van der Waals surface area contributed by atoms with Crippen LogP contribution in [0.2, 0.25) is 0 Å². The van der Waals surface area contributed by atoms with E-state index in [0.717, 1.165) is 35.8 Å². The van der Waals surface area contributed by atoms with Crippen molar-refractivity contribution in [2.24, 2.45) is 0 Å². The molecule has 6 heteroatoms. The fourth-order valence-electron chi connectivity index (χ4n) is 3.32. The number of rotatable bonds is 6. The predicted molar refractivity (Wildman–Crippen MR) is 102 cm³/mol. The van der Waals surface area contributed by atoms with E-state index in [2.05, 4.69) is 16.6 Å². The third kappa shape index (κ3) is 3.65. The maximum absolute atomic E-state index is 12.9. The van der Waals surface area contributed by atoms with Crippen molar-refractivity contribution in [2.75, 3.05) is 25.1 Å². The van der Waals surface area contributed by atoms with Gasteiger partial charge in [-0.1, -0.05) is 12.1 Å². The zero-order valence-corrected chi connectivity index (χ0v) is 15.7. The third-order valence-corrected chi connectivity index (χ3v) is 4.88. The normalized spacial score (nSPS) is 18.2. The molecule has 1 aliphatic rings. The number of anilines is 1. The van der Waals surface area contributed by atoms with Gasteiger partial charge in [0.15, 0.2) is 0 Å². The number of piperazine rings is 1. The molecule has 1 aliphatic heterocycles. The quantitative estimate of drug-likeness (QED) is 0.749. The maximum atomic E-state index is 12.9. The lowest BCUT2D eigenvalue weighted by molar-refractivity contribution is -0.125. The van der Waals surface area contributed by atoms with Crippen LogP contribution in [0, 0.1) is 6.92 Å². The molecular weight excluding hydrogens is 328 g/mol. The molecule has 1 amide bonds. The van der Waals surface area contributed by atoms with Crippen LogP contribution in [0.1, 0.15) is 18.2 Å². The number of nitrogens with zero attached hydrogens (tertiary/aromatic N) is 4. The Balaban J connectivity index is 1.72. The van der Waals surface area contributed by atoms with E-state index in [0.29, 0.717) is 13.1 Å². The molecule has 0 bridgehead atoms. The fraction of sp³-hybridized carbons (Fsp3) is 0.400. The Labute approximate surface area is 154 Å². The molecule has 2 aromatic rings. The van der Waals surface area contributed by atoms with Crippen LogP contribution in [0.3, 0.4) is 0 Å². The first-order valence-corrected chi connectivity index (χ1v) is 8.86. The fourth-order valence-corrected chi connectivity index (χ4v) is 3.32. The molecule has 1 atom stereocenters. The van der Waals surface area contributed by atoms with Crippen molar-refractivity contribution in [3.05, 3.63) is 54.4 Å². The Morgan fingerprint density at radius 3 is 2.92 bits per heavy atom.